The first-order valence-corrected chi connectivity index (χ1v) is 7.97. The van der Waals surface area contributed by atoms with Gasteiger partial charge >= 0.3 is 0 Å². The number of fused-ring (bicyclic) bond motifs is 1. The van der Waals surface area contributed by atoms with Crippen LogP contribution in [0.5, 0.6) is 0 Å². The fraction of sp³-hybridized carbons (Fsp3) is 0.500. The van der Waals surface area contributed by atoms with Gasteiger partial charge in [0.1, 0.15) is 0 Å². The van der Waals surface area contributed by atoms with Gasteiger partial charge in [-0.1, -0.05) is 25.1 Å². The van der Waals surface area contributed by atoms with Crippen LogP contribution >= 0.6 is 0 Å². The highest BCUT2D eigenvalue weighted by atomic mass is 16.3. The van der Waals surface area contributed by atoms with Crippen molar-refractivity contribution in [3.8, 4) is 0 Å². The summed E-state index contributed by atoms with van der Waals surface area (Å²) in [6.07, 6.45) is 5.41. The minimum atomic E-state index is -0.575. The van der Waals surface area contributed by atoms with Crippen LogP contribution in [0.4, 0.5) is 0 Å². The van der Waals surface area contributed by atoms with Crippen LogP contribution < -0.4 is 0 Å². The fourth-order valence-corrected chi connectivity index (χ4v) is 3.39. The molecular formula is C18H24N2O. The lowest BCUT2D eigenvalue weighted by Crippen LogP contribution is -2.33. The molecule has 0 amide bonds. The zero-order valence-corrected chi connectivity index (χ0v) is 12.8. The highest BCUT2D eigenvalue weighted by Crippen LogP contribution is 2.29. The van der Waals surface area contributed by atoms with Gasteiger partial charge in [-0.3, -0.25) is 4.98 Å². The van der Waals surface area contributed by atoms with E-state index in [-0.39, 0.29) is 0 Å². The molecule has 112 valence electrons. The molecule has 1 fully saturated rings. The Morgan fingerprint density at radius 2 is 2.05 bits per heavy atom. The van der Waals surface area contributed by atoms with E-state index < -0.39 is 5.60 Å². The maximum Gasteiger partial charge on any atom is 0.0704 e. The zero-order chi connectivity index (χ0) is 14.7. The zero-order valence-electron chi connectivity index (χ0n) is 12.8. The SMILES string of the molecule is CCN1CCCC(O)(Cc2ccnc3ccccc23)CC1. The average molecular weight is 284 g/mol. The molecule has 2 heterocycles. The third kappa shape index (κ3) is 3.25. The van der Waals surface area contributed by atoms with Crippen LogP contribution in [0, 0.1) is 0 Å². The summed E-state index contributed by atoms with van der Waals surface area (Å²) in [6.45, 7) is 5.38. The molecule has 0 aliphatic carbocycles. The van der Waals surface area contributed by atoms with E-state index in [4.69, 9.17) is 0 Å². The molecule has 1 unspecified atom stereocenters. The van der Waals surface area contributed by atoms with E-state index in [9.17, 15) is 5.11 Å². The molecule has 1 aliphatic rings. The van der Waals surface area contributed by atoms with Crippen LogP contribution in [0.3, 0.4) is 0 Å². The maximum absolute atomic E-state index is 11.0. The Labute approximate surface area is 126 Å². The molecular weight excluding hydrogens is 260 g/mol. The van der Waals surface area contributed by atoms with Crippen LogP contribution in [-0.4, -0.2) is 40.2 Å². The third-order valence-corrected chi connectivity index (χ3v) is 4.72. The van der Waals surface area contributed by atoms with Crippen LogP contribution in [0.2, 0.25) is 0 Å². The van der Waals surface area contributed by atoms with Crippen LogP contribution in [0.15, 0.2) is 36.5 Å². The summed E-state index contributed by atoms with van der Waals surface area (Å²) < 4.78 is 0. The summed E-state index contributed by atoms with van der Waals surface area (Å²) in [5, 5.41) is 12.2. The molecule has 1 aliphatic heterocycles. The number of nitrogens with zero attached hydrogens (tertiary/aromatic N) is 2. The van der Waals surface area contributed by atoms with E-state index in [0.29, 0.717) is 0 Å². The van der Waals surface area contributed by atoms with Crippen molar-refractivity contribution in [1.82, 2.24) is 9.88 Å². The summed E-state index contributed by atoms with van der Waals surface area (Å²) in [5.74, 6) is 0. The number of rotatable bonds is 3. The molecule has 1 atom stereocenters. The number of aliphatic hydroxyl groups is 1. The van der Waals surface area contributed by atoms with Gasteiger partial charge in [-0.25, -0.2) is 0 Å². The number of aromatic nitrogens is 1. The van der Waals surface area contributed by atoms with E-state index in [2.05, 4.69) is 28.9 Å². The minimum absolute atomic E-state index is 0.575. The Bertz CT molecular complexity index is 608. The van der Waals surface area contributed by atoms with Gasteiger partial charge in [-0.15, -0.1) is 0 Å². The van der Waals surface area contributed by atoms with Crippen molar-refractivity contribution in [1.29, 1.82) is 0 Å². The lowest BCUT2D eigenvalue weighted by atomic mass is 9.87. The lowest BCUT2D eigenvalue weighted by Gasteiger charge is -2.27. The molecule has 1 aromatic carbocycles. The Balaban J connectivity index is 1.84. The number of hydrogen-bond donors (Lipinski definition) is 1. The molecule has 3 heteroatoms. The summed E-state index contributed by atoms with van der Waals surface area (Å²) >= 11 is 0. The predicted molar refractivity (Wildman–Crippen MR) is 86.4 cm³/mol. The molecule has 1 aromatic heterocycles. The van der Waals surface area contributed by atoms with Crippen molar-refractivity contribution < 1.29 is 5.11 Å². The molecule has 3 nitrogen and oxygen atoms in total. The van der Waals surface area contributed by atoms with Gasteiger partial charge in [0.2, 0.25) is 0 Å². The summed E-state index contributed by atoms with van der Waals surface area (Å²) in [7, 11) is 0. The minimum Gasteiger partial charge on any atom is -0.389 e. The van der Waals surface area contributed by atoms with E-state index in [0.717, 1.165) is 50.8 Å². The molecule has 0 spiro atoms. The molecule has 1 saturated heterocycles. The van der Waals surface area contributed by atoms with E-state index in [1.54, 1.807) is 0 Å². The standard InChI is InChI=1S/C18H24N2O/c1-2-20-12-5-9-18(21,10-13-20)14-15-8-11-19-17-7-4-3-6-16(15)17/h3-4,6-8,11,21H,2,5,9-10,12-14H2,1H3. The van der Waals surface area contributed by atoms with Gasteiger partial charge in [0.05, 0.1) is 11.1 Å². The number of pyridine rings is 1. The number of likely N-dealkylation sites (tertiary alicyclic amines) is 1. The third-order valence-electron chi connectivity index (χ3n) is 4.72. The second-order valence-corrected chi connectivity index (χ2v) is 6.18. The number of hydrogen-bond acceptors (Lipinski definition) is 3. The van der Waals surface area contributed by atoms with Gasteiger partial charge < -0.3 is 10.0 Å². The van der Waals surface area contributed by atoms with Gasteiger partial charge in [0.25, 0.3) is 0 Å². The average Bonchev–Trinajstić information content (AvgIpc) is 2.69. The van der Waals surface area contributed by atoms with E-state index in [1.807, 2.05) is 24.4 Å². The van der Waals surface area contributed by atoms with Crippen LogP contribution in [-0.2, 0) is 6.42 Å². The Morgan fingerprint density at radius 3 is 2.90 bits per heavy atom. The molecule has 0 saturated carbocycles. The molecule has 2 aromatic rings. The summed E-state index contributed by atoms with van der Waals surface area (Å²) in [4.78, 5) is 6.84. The normalized spacial score (nSPS) is 24.1. The monoisotopic (exact) mass is 284 g/mol. The van der Waals surface area contributed by atoms with Crippen molar-refractivity contribution in [3.05, 3.63) is 42.1 Å². The van der Waals surface area contributed by atoms with Crippen molar-refractivity contribution in [2.75, 3.05) is 19.6 Å². The molecule has 21 heavy (non-hydrogen) atoms. The quantitative estimate of drug-likeness (QED) is 0.941. The fourth-order valence-electron chi connectivity index (χ4n) is 3.39. The van der Waals surface area contributed by atoms with Crippen molar-refractivity contribution in [2.24, 2.45) is 0 Å². The molecule has 1 N–H and O–H groups in total. The van der Waals surface area contributed by atoms with Gasteiger partial charge in [0.15, 0.2) is 0 Å². The predicted octanol–water partition coefficient (Wildman–Crippen LogP) is 3.01. The number of para-hydroxylation sites is 1. The first-order valence-electron chi connectivity index (χ1n) is 7.97. The van der Waals surface area contributed by atoms with Gasteiger partial charge in [-0.2, -0.15) is 0 Å². The second-order valence-electron chi connectivity index (χ2n) is 6.18. The van der Waals surface area contributed by atoms with E-state index in [1.165, 1.54) is 10.9 Å². The summed E-state index contributed by atoms with van der Waals surface area (Å²) in [5.41, 5.74) is 1.66. The molecule has 0 radical (unpaired) electrons. The first-order chi connectivity index (χ1) is 10.2. The molecule has 3 rings (SSSR count). The number of benzene rings is 1. The lowest BCUT2D eigenvalue weighted by molar-refractivity contribution is 0.0261. The smallest absolute Gasteiger partial charge is 0.0704 e. The van der Waals surface area contributed by atoms with Crippen molar-refractivity contribution >= 4 is 10.9 Å². The second kappa shape index (κ2) is 6.12. The Morgan fingerprint density at radius 1 is 1.19 bits per heavy atom. The van der Waals surface area contributed by atoms with E-state index >= 15 is 0 Å². The topological polar surface area (TPSA) is 36.4 Å². The molecule has 0 bridgehead atoms. The Kier molecular flexibility index (Phi) is 4.22. The first kappa shape index (κ1) is 14.5. The Hall–Kier alpha value is -1.45. The summed E-state index contributed by atoms with van der Waals surface area (Å²) in [6, 6.07) is 10.3. The highest BCUT2D eigenvalue weighted by Gasteiger charge is 2.30. The van der Waals surface area contributed by atoms with Crippen molar-refractivity contribution in [2.45, 2.75) is 38.2 Å². The van der Waals surface area contributed by atoms with Crippen LogP contribution in [0.25, 0.3) is 10.9 Å². The van der Waals surface area contributed by atoms with Gasteiger partial charge in [-0.05, 0) is 50.0 Å². The largest absolute Gasteiger partial charge is 0.389 e. The van der Waals surface area contributed by atoms with Gasteiger partial charge in [0, 0.05) is 24.5 Å². The maximum atomic E-state index is 11.0. The highest BCUT2D eigenvalue weighted by molar-refractivity contribution is 5.81. The van der Waals surface area contributed by atoms with Crippen LogP contribution in [0.1, 0.15) is 31.7 Å². The van der Waals surface area contributed by atoms with Crippen molar-refractivity contribution in [3.63, 3.8) is 0 Å².